The summed E-state index contributed by atoms with van der Waals surface area (Å²) < 4.78 is 23.1. The third-order valence-electron chi connectivity index (χ3n) is 4.26. The highest BCUT2D eigenvalue weighted by atomic mass is 32.2. The molecule has 0 bridgehead atoms. The first-order chi connectivity index (χ1) is 10.0. The van der Waals surface area contributed by atoms with E-state index >= 15 is 0 Å². The van der Waals surface area contributed by atoms with Gasteiger partial charge in [0.25, 0.3) is 0 Å². The second-order valence-corrected chi connectivity index (χ2v) is 8.48. The number of rotatable bonds is 6. The number of sulfone groups is 1. The minimum absolute atomic E-state index is 0.130. The third kappa shape index (κ3) is 4.25. The maximum atomic E-state index is 11.6. The fraction of sp³-hybridized carbons (Fsp3) is 0.667. The fourth-order valence-corrected chi connectivity index (χ4v) is 4.57. The van der Waals surface area contributed by atoms with Gasteiger partial charge >= 0.3 is 0 Å². The van der Waals surface area contributed by atoms with Gasteiger partial charge in [-0.2, -0.15) is 0 Å². The second-order valence-electron chi connectivity index (χ2n) is 6.25. The van der Waals surface area contributed by atoms with Gasteiger partial charge in [0, 0.05) is 25.2 Å². The maximum Gasteiger partial charge on any atom is 0.151 e. The Labute approximate surface area is 126 Å². The van der Waals surface area contributed by atoms with Crippen molar-refractivity contribution in [2.45, 2.75) is 44.4 Å². The average molecular weight is 309 g/mol. The van der Waals surface area contributed by atoms with E-state index in [0.717, 1.165) is 24.4 Å². The topological polar surface area (TPSA) is 62.3 Å². The van der Waals surface area contributed by atoms with Gasteiger partial charge in [-0.15, -0.1) is 0 Å². The Bertz CT molecular complexity index is 599. The zero-order chi connectivity index (χ0) is 14.9. The van der Waals surface area contributed by atoms with Crippen LogP contribution in [0.2, 0.25) is 0 Å². The lowest BCUT2D eigenvalue weighted by atomic mass is 10.2. The summed E-state index contributed by atoms with van der Waals surface area (Å²) in [5.74, 6) is 0.604. The lowest BCUT2D eigenvalue weighted by Crippen LogP contribution is -2.32. The van der Waals surface area contributed by atoms with Gasteiger partial charge in [0.15, 0.2) is 9.84 Å². The average Bonchev–Trinajstić information content (AvgIpc) is 3.19. The van der Waals surface area contributed by atoms with Crippen LogP contribution in [0.15, 0.2) is 18.2 Å². The van der Waals surface area contributed by atoms with Crippen LogP contribution in [-0.4, -0.2) is 48.9 Å². The third-order valence-corrected chi connectivity index (χ3v) is 6.01. The van der Waals surface area contributed by atoms with Crippen LogP contribution < -0.4 is 5.32 Å². The van der Waals surface area contributed by atoms with E-state index in [2.05, 4.69) is 15.2 Å². The minimum atomic E-state index is -2.82. The van der Waals surface area contributed by atoms with Crippen LogP contribution >= 0.6 is 0 Å². The first-order valence-electron chi connectivity index (χ1n) is 7.61. The summed E-state index contributed by atoms with van der Waals surface area (Å²) in [6.07, 6.45) is 3.29. The van der Waals surface area contributed by atoms with Gasteiger partial charge in [-0.05, 0) is 38.4 Å². The molecule has 1 aromatic rings. The molecule has 3 rings (SSSR count). The van der Waals surface area contributed by atoms with Crippen LogP contribution in [0, 0.1) is 0 Å². The minimum Gasteiger partial charge on any atom is -0.308 e. The smallest absolute Gasteiger partial charge is 0.151 e. The largest absolute Gasteiger partial charge is 0.308 e. The lowest BCUT2D eigenvalue weighted by Gasteiger charge is -2.22. The molecule has 1 atom stereocenters. The molecule has 116 valence electrons. The maximum absolute atomic E-state index is 11.6. The van der Waals surface area contributed by atoms with Crippen molar-refractivity contribution in [1.82, 2.24) is 15.2 Å². The van der Waals surface area contributed by atoms with E-state index in [9.17, 15) is 8.42 Å². The first kappa shape index (κ1) is 14.9. The van der Waals surface area contributed by atoms with E-state index in [1.165, 1.54) is 12.8 Å². The van der Waals surface area contributed by atoms with Crippen molar-refractivity contribution in [3.8, 4) is 0 Å². The molecule has 5 nitrogen and oxygen atoms in total. The molecule has 1 saturated carbocycles. The molecule has 2 fully saturated rings. The van der Waals surface area contributed by atoms with Gasteiger partial charge in [0.2, 0.25) is 0 Å². The molecular formula is C15H23N3O2S. The number of nitrogens with zero attached hydrogens (tertiary/aromatic N) is 2. The number of aromatic nitrogens is 1. The van der Waals surface area contributed by atoms with Crippen molar-refractivity contribution in [1.29, 1.82) is 0 Å². The second kappa shape index (κ2) is 6.02. The van der Waals surface area contributed by atoms with Gasteiger partial charge in [0.1, 0.15) is 0 Å². The number of hydrogen-bond donors (Lipinski definition) is 1. The van der Waals surface area contributed by atoms with E-state index in [1.807, 2.05) is 25.2 Å². The van der Waals surface area contributed by atoms with E-state index in [1.54, 1.807) is 0 Å². The Balaban J connectivity index is 1.57. The molecule has 2 heterocycles. The molecule has 1 N–H and O–H groups in total. The summed E-state index contributed by atoms with van der Waals surface area (Å²) in [6, 6.07) is 6.90. The molecule has 0 spiro atoms. The fourth-order valence-electron chi connectivity index (χ4n) is 2.76. The molecule has 1 aromatic heterocycles. The zero-order valence-electron chi connectivity index (χ0n) is 12.5. The molecule has 0 radical (unpaired) electrons. The van der Waals surface area contributed by atoms with Gasteiger partial charge in [-0.1, -0.05) is 6.07 Å². The van der Waals surface area contributed by atoms with E-state index in [0.29, 0.717) is 18.3 Å². The van der Waals surface area contributed by atoms with Gasteiger partial charge in [0.05, 0.1) is 22.9 Å². The van der Waals surface area contributed by atoms with Crippen LogP contribution in [0.25, 0.3) is 0 Å². The zero-order valence-corrected chi connectivity index (χ0v) is 13.3. The Morgan fingerprint density at radius 2 is 2.05 bits per heavy atom. The number of hydrogen-bond acceptors (Lipinski definition) is 5. The van der Waals surface area contributed by atoms with Gasteiger partial charge < -0.3 is 5.32 Å². The van der Waals surface area contributed by atoms with Crippen molar-refractivity contribution in [3.63, 3.8) is 0 Å². The summed E-state index contributed by atoms with van der Waals surface area (Å²) in [6.45, 7) is 1.53. The first-order valence-corrected chi connectivity index (χ1v) is 9.43. The van der Waals surface area contributed by atoms with Gasteiger partial charge in [-0.3, -0.25) is 9.88 Å². The SMILES string of the molecule is CN(Cc1cccc(CNC2CC2)n1)C1CCS(=O)(=O)C1. The van der Waals surface area contributed by atoms with E-state index in [4.69, 9.17) is 0 Å². The van der Waals surface area contributed by atoms with Crippen LogP contribution in [0.3, 0.4) is 0 Å². The summed E-state index contributed by atoms with van der Waals surface area (Å²) in [5, 5.41) is 3.46. The Morgan fingerprint density at radius 1 is 1.29 bits per heavy atom. The normalized spacial score (nSPS) is 24.6. The van der Waals surface area contributed by atoms with Crippen LogP contribution in [0.5, 0.6) is 0 Å². The Hall–Kier alpha value is -0.980. The van der Waals surface area contributed by atoms with Gasteiger partial charge in [-0.25, -0.2) is 8.42 Å². The van der Waals surface area contributed by atoms with Crippen molar-refractivity contribution in [2.75, 3.05) is 18.6 Å². The highest BCUT2D eigenvalue weighted by molar-refractivity contribution is 7.91. The van der Waals surface area contributed by atoms with Crippen LogP contribution in [0.4, 0.5) is 0 Å². The summed E-state index contributed by atoms with van der Waals surface area (Å²) in [4.78, 5) is 6.78. The summed E-state index contributed by atoms with van der Waals surface area (Å²) in [5.41, 5.74) is 2.07. The molecule has 2 aliphatic rings. The molecule has 1 saturated heterocycles. The van der Waals surface area contributed by atoms with E-state index < -0.39 is 9.84 Å². The highest BCUT2D eigenvalue weighted by Crippen LogP contribution is 2.20. The molecule has 21 heavy (non-hydrogen) atoms. The Kier molecular flexibility index (Phi) is 4.28. The molecule has 1 aliphatic heterocycles. The predicted molar refractivity (Wildman–Crippen MR) is 82.6 cm³/mol. The van der Waals surface area contributed by atoms with Crippen molar-refractivity contribution < 1.29 is 8.42 Å². The summed E-state index contributed by atoms with van der Waals surface area (Å²) >= 11 is 0. The molecular weight excluding hydrogens is 286 g/mol. The van der Waals surface area contributed by atoms with Crippen LogP contribution in [0.1, 0.15) is 30.7 Å². The Morgan fingerprint density at radius 3 is 2.71 bits per heavy atom. The van der Waals surface area contributed by atoms with E-state index in [-0.39, 0.29) is 11.8 Å². The van der Waals surface area contributed by atoms with Crippen LogP contribution in [-0.2, 0) is 22.9 Å². The molecule has 1 unspecified atom stereocenters. The molecule has 0 amide bonds. The monoisotopic (exact) mass is 309 g/mol. The number of nitrogens with one attached hydrogen (secondary N) is 1. The highest BCUT2D eigenvalue weighted by Gasteiger charge is 2.30. The predicted octanol–water partition coefficient (Wildman–Crippen LogP) is 0.953. The molecule has 6 heteroatoms. The number of pyridine rings is 1. The molecule has 1 aliphatic carbocycles. The van der Waals surface area contributed by atoms with Crippen molar-refractivity contribution in [3.05, 3.63) is 29.6 Å². The quantitative estimate of drug-likeness (QED) is 0.848. The molecule has 0 aromatic carbocycles. The standard InChI is InChI=1S/C15H23N3O2S/c1-18(15-7-8-21(19,20)11-15)10-14-4-2-3-13(17-14)9-16-12-5-6-12/h2-4,12,15-16H,5-11H2,1H3. The lowest BCUT2D eigenvalue weighted by molar-refractivity contribution is 0.251. The van der Waals surface area contributed by atoms with Crippen molar-refractivity contribution in [2.24, 2.45) is 0 Å². The van der Waals surface area contributed by atoms with Crippen molar-refractivity contribution >= 4 is 9.84 Å². The summed E-state index contributed by atoms with van der Waals surface area (Å²) in [7, 11) is -0.836.